The van der Waals surface area contributed by atoms with Crippen molar-refractivity contribution in [3.05, 3.63) is 0 Å². The van der Waals surface area contributed by atoms with E-state index in [1.807, 2.05) is 0 Å². The van der Waals surface area contributed by atoms with Crippen molar-refractivity contribution in [2.24, 2.45) is 0 Å². The van der Waals surface area contributed by atoms with Gasteiger partial charge in [0.15, 0.2) is 0 Å². The third-order valence-corrected chi connectivity index (χ3v) is 4.58. The first-order valence-electron chi connectivity index (χ1n) is 7.14. The van der Waals surface area contributed by atoms with Crippen molar-refractivity contribution in [3.8, 4) is 6.07 Å². The summed E-state index contributed by atoms with van der Waals surface area (Å²) in [6, 6.07) is 2.95. The zero-order chi connectivity index (χ0) is 13.9. The molecule has 0 aromatic rings. The van der Waals surface area contributed by atoms with Gasteiger partial charge in [-0.1, -0.05) is 6.92 Å². The van der Waals surface area contributed by atoms with E-state index in [2.05, 4.69) is 23.2 Å². The molecular weight excluding hydrogens is 242 g/mol. The van der Waals surface area contributed by atoms with Gasteiger partial charge in [0, 0.05) is 33.4 Å². The molecule has 0 amide bonds. The molecule has 108 valence electrons. The molecule has 2 aliphatic rings. The molecule has 0 aromatic carbocycles. The summed E-state index contributed by atoms with van der Waals surface area (Å²) in [5.74, 6) is 0. The number of rotatable bonds is 5. The highest BCUT2D eigenvalue weighted by atomic mass is 16.5. The fourth-order valence-corrected chi connectivity index (χ4v) is 3.49. The molecule has 0 radical (unpaired) electrons. The Hall–Kier alpha value is -0.670. The predicted octanol–water partition coefficient (Wildman–Crippen LogP) is 0.756. The van der Waals surface area contributed by atoms with Gasteiger partial charge in [-0.25, -0.2) is 0 Å². The molecule has 1 saturated carbocycles. The maximum absolute atomic E-state index is 9.42. The molecule has 1 aliphatic heterocycles. The number of nitrogens with zero attached hydrogens (tertiary/aromatic N) is 2. The molecule has 1 saturated heterocycles. The van der Waals surface area contributed by atoms with Gasteiger partial charge in [0.2, 0.25) is 0 Å². The molecule has 1 aliphatic carbocycles. The first-order valence-corrected chi connectivity index (χ1v) is 7.14. The summed E-state index contributed by atoms with van der Waals surface area (Å²) >= 11 is 0. The van der Waals surface area contributed by atoms with Crippen molar-refractivity contribution in [1.82, 2.24) is 10.2 Å². The fourth-order valence-electron chi connectivity index (χ4n) is 3.49. The van der Waals surface area contributed by atoms with E-state index in [9.17, 15) is 5.26 Å². The number of hydrogen-bond acceptors (Lipinski definition) is 5. The number of ether oxygens (including phenoxy) is 2. The smallest absolute Gasteiger partial charge is 0.108 e. The van der Waals surface area contributed by atoms with Crippen LogP contribution in [0, 0.1) is 11.3 Å². The highest BCUT2D eigenvalue weighted by molar-refractivity contribution is 5.14. The van der Waals surface area contributed by atoms with Gasteiger partial charge in [-0.05, 0) is 25.8 Å². The minimum atomic E-state index is -0.326. The second-order valence-corrected chi connectivity index (χ2v) is 5.62. The van der Waals surface area contributed by atoms with E-state index >= 15 is 0 Å². The van der Waals surface area contributed by atoms with Gasteiger partial charge in [-0.2, -0.15) is 5.26 Å². The van der Waals surface area contributed by atoms with Crippen LogP contribution in [0.1, 0.15) is 26.2 Å². The lowest BCUT2D eigenvalue weighted by Crippen LogP contribution is -2.43. The van der Waals surface area contributed by atoms with Crippen LogP contribution in [0.3, 0.4) is 0 Å². The van der Waals surface area contributed by atoms with Crippen molar-refractivity contribution in [3.63, 3.8) is 0 Å². The van der Waals surface area contributed by atoms with Crippen LogP contribution in [0.2, 0.25) is 0 Å². The average Bonchev–Trinajstić information content (AvgIpc) is 3.03. The fraction of sp³-hybridized carbons (Fsp3) is 0.929. The standard InChI is InChI=1S/C14H25N3O2/c1-4-16-14(10-15)6-5-11(7-14)17-8-12(18-2)13(9-17)19-3/h11-13,16H,4-9H2,1-3H3. The molecule has 5 nitrogen and oxygen atoms in total. The van der Waals surface area contributed by atoms with Crippen LogP contribution < -0.4 is 5.32 Å². The van der Waals surface area contributed by atoms with Crippen LogP contribution in [0.4, 0.5) is 0 Å². The number of nitrogens with one attached hydrogen (secondary N) is 1. The maximum Gasteiger partial charge on any atom is 0.108 e. The maximum atomic E-state index is 9.42. The number of likely N-dealkylation sites (tertiary alicyclic amines) is 1. The highest BCUT2D eigenvalue weighted by Crippen LogP contribution is 2.34. The van der Waals surface area contributed by atoms with Crippen LogP contribution in [-0.2, 0) is 9.47 Å². The molecule has 0 aromatic heterocycles. The van der Waals surface area contributed by atoms with Gasteiger partial charge in [-0.15, -0.1) is 0 Å². The molecule has 5 heteroatoms. The van der Waals surface area contributed by atoms with Crippen molar-refractivity contribution in [2.75, 3.05) is 33.9 Å². The average molecular weight is 267 g/mol. The van der Waals surface area contributed by atoms with E-state index in [1.54, 1.807) is 14.2 Å². The monoisotopic (exact) mass is 267 g/mol. The summed E-state index contributed by atoms with van der Waals surface area (Å²) in [5.41, 5.74) is -0.326. The molecule has 4 atom stereocenters. The third-order valence-electron chi connectivity index (χ3n) is 4.58. The summed E-state index contributed by atoms with van der Waals surface area (Å²) < 4.78 is 11.0. The lowest BCUT2D eigenvalue weighted by Gasteiger charge is -2.26. The summed E-state index contributed by atoms with van der Waals surface area (Å²) in [4.78, 5) is 2.43. The van der Waals surface area contributed by atoms with E-state index in [0.717, 1.165) is 38.9 Å². The van der Waals surface area contributed by atoms with Crippen LogP contribution in [0.5, 0.6) is 0 Å². The molecule has 2 fully saturated rings. The van der Waals surface area contributed by atoms with Crippen LogP contribution >= 0.6 is 0 Å². The van der Waals surface area contributed by atoms with Gasteiger partial charge < -0.3 is 9.47 Å². The highest BCUT2D eigenvalue weighted by Gasteiger charge is 2.44. The minimum absolute atomic E-state index is 0.154. The topological polar surface area (TPSA) is 57.5 Å². The van der Waals surface area contributed by atoms with Gasteiger partial charge in [0.1, 0.15) is 5.54 Å². The Kier molecular flexibility index (Phi) is 4.80. The van der Waals surface area contributed by atoms with Gasteiger partial charge in [-0.3, -0.25) is 10.2 Å². The largest absolute Gasteiger partial charge is 0.377 e. The molecule has 0 bridgehead atoms. The van der Waals surface area contributed by atoms with Gasteiger partial charge in [0.05, 0.1) is 18.3 Å². The zero-order valence-electron chi connectivity index (χ0n) is 12.2. The molecule has 1 N–H and O–H groups in total. The summed E-state index contributed by atoms with van der Waals surface area (Å²) in [6.45, 7) is 4.73. The quantitative estimate of drug-likeness (QED) is 0.797. The predicted molar refractivity (Wildman–Crippen MR) is 72.8 cm³/mol. The Morgan fingerprint density at radius 3 is 2.42 bits per heavy atom. The molecule has 1 heterocycles. The Morgan fingerprint density at radius 2 is 1.95 bits per heavy atom. The van der Waals surface area contributed by atoms with Crippen molar-refractivity contribution in [2.45, 2.75) is 50.0 Å². The second kappa shape index (κ2) is 6.19. The zero-order valence-corrected chi connectivity index (χ0v) is 12.2. The lowest BCUT2D eigenvalue weighted by atomic mass is 9.99. The normalized spacial score (nSPS) is 39.6. The molecule has 2 rings (SSSR count). The van der Waals surface area contributed by atoms with E-state index in [-0.39, 0.29) is 17.7 Å². The van der Waals surface area contributed by atoms with Crippen molar-refractivity contribution < 1.29 is 9.47 Å². The molecule has 0 spiro atoms. The van der Waals surface area contributed by atoms with Crippen LogP contribution in [-0.4, -0.2) is 62.5 Å². The summed E-state index contributed by atoms with van der Waals surface area (Å²) in [7, 11) is 3.49. The van der Waals surface area contributed by atoms with E-state index in [4.69, 9.17) is 9.47 Å². The Labute approximate surface area is 115 Å². The summed E-state index contributed by atoms with van der Waals surface area (Å²) in [6.07, 6.45) is 3.23. The van der Waals surface area contributed by atoms with Crippen molar-refractivity contribution in [1.29, 1.82) is 5.26 Å². The third kappa shape index (κ3) is 2.92. The molecular formula is C14H25N3O2. The Balaban J connectivity index is 1.96. The minimum Gasteiger partial charge on any atom is -0.377 e. The SMILES string of the molecule is CCNC1(C#N)CCC(N2CC(OC)C(OC)C2)C1. The molecule has 19 heavy (non-hydrogen) atoms. The van der Waals surface area contributed by atoms with E-state index in [0.29, 0.717) is 6.04 Å². The van der Waals surface area contributed by atoms with Gasteiger partial charge in [0.25, 0.3) is 0 Å². The van der Waals surface area contributed by atoms with Gasteiger partial charge >= 0.3 is 0 Å². The first-order chi connectivity index (χ1) is 9.18. The second-order valence-electron chi connectivity index (χ2n) is 5.62. The number of nitriles is 1. The molecule has 4 unspecified atom stereocenters. The Bertz CT molecular complexity index is 332. The number of methoxy groups -OCH3 is 2. The van der Waals surface area contributed by atoms with Crippen LogP contribution in [0.15, 0.2) is 0 Å². The van der Waals surface area contributed by atoms with Crippen molar-refractivity contribution >= 4 is 0 Å². The van der Waals surface area contributed by atoms with Crippen LogP contribution in [0.25, 0.3) is 0 Å². The first kappa shape index (κ1) is 14.7. The Morgan fingerprint density at radius 1 is 1.32 bits per heavy atom. The van der Waals surface area contributed by atoms with E-state index < -0.39 is 0 Å². The summed E-state index contributed by atoms with van der Waals surface area (Å²) in [5, 5.41) is 12.8. The lowest BCUT2D eigenvalue weighted by molar-refractivity contribution is -0.00461. The number of hydrogen-bond donors (Lipinski definition) is 1. The van der Waals surface area contributed by atoms with E-state index in [1.165, 1.54) is 0 Å².